The second kappa shape index (κ2) is 17.1. The number of nitrogens with one attached hydrogen (secondary N) is 1. The monoisotopic (exact) mass is 177 g/mol. The lowest BCUT2D eigenvalue weighted by Gasteiger charge is -2.02. The zero-order valence-corrected chi connectivity index (χ0v) is 8.85. The molecule has 0 fully saturated rings. The van der Waals surface area contributed by atoms with E-state index in [1.807, 2.05) is 27.8 Å². The Morgan fingerprint density at radius 3 is 2.08 bits per heavy atom. The Hall–Kier alpha value is -0.120. The van der Waals surface area contributed by atoms with Crippen molar-refractivity contribution in [3.8, 4) is 0 Å². The van der Waals surface area contributed by atoms with Crippen LogP contribution >= 0.6 is 0 Å². The van der Waals surface area contributed by atoms with Crippen LogP contribution in [0.15, 0.2) is 0 Å². The third-order valence-electron chi connectivity index (χ3n) is 1.07. The van der Waals surface area contributed by atoms with Gasteiger partial charge in [0.15, 0.2) is 0 Å². The maximum atomic E-state index is 5.19. The predicted molar refractivity (Wildman–Crippen MR) is 52.6 cm³/mol. The van der Waals surface area contributed by atoms with Gasteiger partial charge in [-0.3, -0.25) is 0 Å². The van der Waals surface area contributed by atoms with Gasteiger partial charge in [-0.25, -0.2) is 0 Å². The molecule has 0 heterocycles. The Kier molecular flexibility index (Phi) is 20.5. The van der Waals surface area contributed by atoms with Crippen LogP contribution in [0.25, 0.3) is 0 Å². The predicted octanol–water partition coefficient (Wildman–Crippen LogP) is 1.29. The summed E-state index contributed by atoms with van der Waals surface area (Å²) < 4.78 is 10.3. The average molecular weight is 177 g/mol. The van der Waals surface area contributed by atoms with Crippen molar-refractivity contribution < 1.29 is 9.47 Å². The molecule has 0 rings (SSSR count). The van der Waals surface area contributed by atoms with Gasteiger partial charge in [-0.1, -0.05) is 13.8 Å². The lowest BCUT2D eigenvalue weighted by Crippen LogP contribution is -2.16. The van der Waals surface area contributed by atoms with Crippen molar-refractivity contribution in [2.75, 3.05) is 40.0 Å². The third kappa shape index (κ3) is 16.5. The molecule has 3 heteroatoms. The fraction of sp³-hybridized carbons (Fsp3) is 1.00. The molecule has 0 aromatic heterocycles. The fourth-order valence-electron chi connectivity index (χ4n) is 0.538. The molecule has 1 N–H and O–H groups in total. The summed E-state index contributed by atoms with van der Waals surface area (Å²) >= 11 is 0. The fourth-order valence-corrected chi connectivity index (χ4v) is 0.538. The molecular formula is C9H23NO2. The van der Waals surface area contributed by atoms with Gasteiger partial charge in [0.25, 0.3) is 0 Å². The number of likely N-dealkylation sites (N-methyl/N-ethyl adjacent to an activating group) is 1. The Labute approximate surface area is 76.4 Å². The van der Waals surface area contributed by atoms with Crippen LogP contribution in [0.3, 0.4) is 0 Å². The second-order valence-electron chi connectivity index (χ2n) is 1.91. The minimum absolute atomic E-state index is 0.704. The van der Waals surface area contributed by atoms with E-state index in [4.69, 9.17) is 9.47 Å². The summed E-state index contributed by atoms with van der Waals surface area (Å²) in [6.45, 7) is 9.84. The quantitative estimate of drug-likeness (QED) is 0.594. The number of ether oxygens (including phenoxy) is 2. The first-order chi connectivity index (χ1) is 5.91. The highest BCUT2D eigenvalue weighted by Gasteiger charge is 1.85. The zero-order chi connectivity index (χ0) is 9.66. The number of rotatable bonds is 7. The minimum atomic E-state index is 0.704. The highest BCUT2D eigenvalue weighted by Crippen LogP contribution is 1.76. The number of hydrogen-bond acceptors (Lipinski definition) is 3. The molecule has 12 heavy (non-hydrogen) atoms. The first-order valence-corrected chi connectivity index (χ1v) is 4.72. The molecule has 0 saturated carbocycles. The molecule has 0 aromatic carbocycles. The Morgan fingerprint density at radius 1 is 1.00 bits per heavy atom. The van der Waals surface area contributed by atoms with E-state index in [1.165, 1.54) is 0 Å². The molecule has 0 amide bonds. The van der Waals surface area contributed by atoms with E-state index in [0.717, 1.165) is 19.8 Å². The van der Waals surface area contributed by atoms with Gasteiger partial charge in [0.05, 0.1) is 19.8 Å². The van der Waals surface area contributed by atoms with E-state index >= 15 is 0 Å². The summed E-state index contributed by atoms with van der Waals surface area (Å²) in [5, 5.41) is 2.99. The summed E-state index contributed by atoms with van der Waals surface area (Å²) in [7, 11) is 1.91. The molecule has 0 atom stereocenters. The lowest BCUT2D eigenvalue weighted by molar-refractivity contribution is 0.0545. The Balaban J connectivity index is 0. The highest BCUT2D eigenvalue weighted by molar-refractivity contribution is 4.35. The van der Waals surface area contributed by atoms with E-state index in [0.29, 0.717) is 13.2 Å². The SMILES string of the molecule is CC.CCOCCOCCNC. The molecule has 0 saturated heterocycles. The van der Waals surface area contributed by atoms with Crippen molar-refractivity contribution >= 4 is 0 Å². The molecular weight excluding hydrogens is 154 g/mol. The molecule has 0 bridgehead atoms. The smallest absolute Gasteiger partial charge is 0.0701 e. The molecule has 76 valence electrons. The molecule has 0 radical (unpaired) electrons. The molecule has 0 spiro atoms. The zero-order valence-electron chi connectivity index (χ0n) is 8.85. The topological polar surface area (TPSA) is 30.5 Å². The summed E-state index contributed by atoms with van der Waals surface area (Å²) in [5.74, 6) is 0. The summed E-state index contributed by atoms with van der Waals surface area (Å²) in [4.78, 5) is 0. The second-order valence-corrected chi connectivity index (χ2v) is 1.91. The van der Waals surface area contributed by atoms with E-state index in [1.54, 1.807) is 0 Å². The largest absolute Gasteiger partial charge is 0.379 e. The maximum absolute atomic E-state index is 5.19. The lowest BCUT2D eigenvalue weighted by atomic mass is 10.7. The van der Waals surface area contributed by atoms with E-state index in [-0.39, 0.29) is 0 Å². The van der Waals surface area contributed by atoms with Crippen LogP contribution in [0.4, 0.5) is 0 Å². The van der Waals surface area contributed by atoms with Gasteiger partial charge in [-0.15, -0.1) is 0 Å². The molecule has 0 unspecified atom stereocenters. The van der Waals surface area contributed by atoms with Crippen molar-refractivity contribution in [2.45, 2.75) is 20.8 Å². The van der Waals surface area contributed by atoms with Crippen LogP contribution in [0.5, 0.6) is 0 Å². The Morgan fingerprint density at radius 2 is 1.58 bits per heavy atom. The van der Waals surface area contributed by atoms with Gasteiger partial charge in [-0.2, -0.15) is 0 Å². The van der Waals surface area contributed by atoms with Crippen LogP contribution in [0.1, 0.15) is 20.8 Å². The average Bonchev–Trinajstić information content (AvgIpc) is 2.15. The van der Waals surface area contributed by atoms with Gasteiger partial charge >= 0.3 is 0 Å². The van der Waals surface area contributed by atoms with Gasteiger partial charge in [-0.05, 0) is 14.0 Å². The third-order valence-corrected chi connectivity index (χ3v) is 1.07. The van der Waals surface area contributed by atoms with Gasteiger partial charge in [0, 0.05) is 13.2 Å². The molecule has 0 aliphatic rings. The van der Waals surface area contributed by atoms with Crippen molar-refractivity contribution in [3.63, 3.8) is 0 Å². The van der Waals surface area contributed by atoms with Crippen molar-refractivity contribution in [2.24, 2.45) is 0 Å². The van der Waals surface area contributed by atoms with Crippen LogP contribution < -0.4 is 5.32 Å². The van der Waals surface area contributed by atoms with E-state index in [9.17, 15) is 0 Å². The first-order valence-electron chi connectivity index (χ1n) is 4.72. The van der Waals surface area contributed by atoms with Crippen molar-refractivity contribution in [3.05, 3.63) is 0 Å². The van der Waals surface area contributed by atoms with E-state index in [2.05, 4.69) is 5.32 Å². The van der Waals surface area contributed by atoms with Crippen LogP contribution in [0, 0.1) is 0 Å². The van der Waals surface area contributed by atoms with Crippen LogP contribution in [-0.2, 0) is 9.47 Å². The minimum Gasteiger partial charge on any atom is -0.379 e. The van der Waals surface area contributed by atoms with Gasteiger partial charge < -0.3 is 14.8 Å². The molecule has 0 aromatic rings. The first kappa shape index (κ1) is 14.4. The van der Waals surface area contributed by atoms with Crippen molar-refractivity contribution in [1.29, 1.82) is 0 Å². The van der Waals surface area contributed by atoms with Crippen LogP contribution in [-0.4, -0.2) is 40.0 Å². The molecule has 3 nitrogen and oxygen atoms in total. The highest BCUT2D eigenvalue weighted by atomic mass is 16.5. The Bertz CT molecular complexity index is 52.5. The standard InChI is InChI=1S/C7H17NO2.C2H6/c1-3-9-6-7-10-5-4-8-2;1-2/h8H,3-7H2,1-2H3;1-2H3. The maximum Gasteiger partial charge on any atom is 0.0701 e. The van der Waals surface area contributed by atoms with Crippen molar-refractivity contribution in [1.82, 2.24) is 5.32 Å². The molecule has 0 aliphatic heterocycles. The summed E-state index contributed by atoms with van der Waals surface area (Å²) in [6, 6.07) is 0. The summed E-state index contributed by atoms with van der Waals surface area (Å²) in [6.07, 6.45) is 0. The van der Waals surface area contributed by atoms with Gasteiger partial charge in [0.2, 0.25) is 0 Å². The summed E-state index contributed by atoms with van der Waals surface area (Å²) in [5.41, 5.74) is 0. The van der Waals surface area contributed by atoms with Crippen LogP contribution in [0.2, 0.25) is 0 Å². The molecule has 0 aliphatic carbocycles. The normalized spacial score (nSPS) is 9.00. The number of hydrogen-bond donors (Lipinski definition) is 1. The van der Waals surface area contributed by atoms with E-state index < -0.39 is 0 Å². The van der Waals surface area contributed by atoms with Gasteiger partial charge in [0.1, 0.15) is 0 Å².